The van der Waals surface area contributed by atoms with Gasteiger partial charge in [0.15, 0.2) is 5.75 Å². The van der Waals surface area contributed by atoms with E-state index >= 15 is 0 Å². The van der Waals surface area contributed by atoms with Gasteiger partial charge in [-0.15, -0.1) is 0 Å². The second kappa shape index (κ2) is 11.4. The van der Waals surface area contributed by atoms with Gasteiger partial charge in [0, 0.05) is 18.1 Å². The molecule has 0 fully saturated rings. The van der Waals surface area contributed by atoms with Gasteiger partial charge in [0.25, 0.3) is 0 Å². The van der Waals surface area contributed by atoms with E-state index in [1.165, 1.54) is 13.4 Å². The second-order valence-corrected chi connectivity index (χ2v) is 7.46. The molecule has 0 spiro atoms. The maximum Gasteiger partial charge on any atom is 0.328 e. The lowest BCUT2D eigenvalue weighted by atomic mass is 10.1. The summed E-state index contributed by atoms with van der Waals surface area (Å²) < 4.78 is 4.98. The van der Waals surface area contributed by atoms with Gasteiger partial charge in [-0.25, -0.2) is 14.8 Å². The third kappa shape index (κ3) is 6.26. The van der Waals surface area contributed by atoms with Crippen LogP contribution in [0.25, 0.3) is 11.3 Å². The Kier molecular flexibility index (Phi) is 7.58. The van der Waals surface area contributed by atoms with Crippen molar-refractivity contribution in [2.24, 2.45) is 5.16 Å². The number of oxime groups is 1. The summed E-state index contributed by atoms with van der Waals surface area (Å²) in [7, 11) is 1.38. The number of ether oxygens (including phenoxy) is 1. The topological polar surface area (TPSA) is 85.7 Å². The van der Waals surface area contributed by atoms with E-state index in [0.717, 1.165) is 22.4 Å². The van der Waals surface area contributed by atoms with E-state index in [-0.39, 0.29) is 5.97 Å². The number of nitrogens with one attached hydrogen (secondary N) is 1. The first-order valence-corrected chi connectivity index (χ1v) is 10.8. The number of rotatable bonds is 9. The number of carbonyl (C=O) groups excluding carboxylic acids is 1. The maximum atomic E-state index is 12.3. The van der Waals surface area contributed by atoms with Crippen molar-refractivity contribution < 1.29 is 14.4 Å². The highest BCUT2D eigenvalue weighted by molar-refractivity contribution is 5.81. The van der Waals surface area contributed by atoms with Crippen LogP contribution in [0.15, 0.2) is 102 Å². The van der Waals surface area contributed by atoms with Crippen LogP contribution >= 0.6 is 0 Å². The maximum absolute atomic E-state index is 12.3. The van der Waals surface area contributed by atoms with Gasteiger partial charge in [0.05, 0.1) is 19.0 Å². The Hall–Kier alpha value is -4.52. The summed E-state index contributed by atoms with van der Waals surface area (Å²) in [5, 5.41) is 7.20. The highest BCUT2D eigenvalue weighted by atomic mass is 16.6. The normalized spacial score (nSPS) is 11.7. The first-order chi connectivity index (χ1) is 16.7. The van der Waals surface area contributed by atoms with Crippen molar-refractivity contribution in [3.8, 4) is 17.0 Å². The van der Waals surface area contributed by atoms with Crippen LogP contribution in [0.1, 0.15) is 11.1 Å². The average molecular weight is 453 g/mol. The largest absolute Gasteiger partial charge is 0.467 e. The third-order valence-electron chi connectivity index (χ3n) is 5.07. The number of para-hydroxylation sites is 1. The Labute approximate surface area is 198 Å². The van der Waals surface area contributed by atoms with Gasteiger partial charge in [-0.05, 0) is 23.3 Å². The summed E-state index contributed by atoms with van der Waals surface area (Å²) in [5.41, 5.74) is 3.54. The molecule has 34 heavy (non-hydrogen) atoms. The van der Waals surface area contributed by atoms with Crippen molar-refractivity contribution in [3.05, 3.63) is 108 Å². The van der Waals surface area contributed by atoms with Crippen molar-refractivity contribution in [2.75, 3.05) is 12.4 Å². The standard InChI is InChI=1S/C27H24N4O3/c1-33-27(32)25(16-20-8-4-2-5-9-20)31-26-17-24(28-19-29-26)22-14-12-21(13-15-22)18-30-34-23-10-6-3-7-11-23/h2-15,17-19,25H,16H2,1H3,(H,28,29,31). The fourth-order valence-electron chi connectivity index (χ4n) is 3.33. The molecular weight excluding hydrogens is 428 g/mol. The number of esters is 1. The number of anilines is 1. The van der Waals surface area contributed by atoms with Crippen LogP contribution in [0.2, 0.25) is 0 Å². The molecule has 1 aromatic heterocycles. The van der Waals surface area contributed by atoms with Gasteiger partial charge >= 0.3 is 5.97 Å². The first-order valence-electron chi connectivity index (χ1n) is 10.8. The van der Waals surface area contributed by atoms with Gasteiger partial charge in [-0.1, -0.05) is 78.0 Å². The second-order valence-electron chi connectivity index (χ2n) is 7.46. The third-order valence-corrected chi connectivity index (χ3v) is 5.07. The number of methoxy groups -OCH3 is 1. The number of carbonyl (C=O) groups is 1. The van der Waals surface area contributed by atoms with E-state index < -0.39 is 6.04 Å². The van der Waals surface area contributed by atoms with Crippen LogP contribution in [0, 0.1) is 0 Å². The monoisotopic (exact) mass is 452 g/mol. The lowest BCUT2D eigenvalue weighted by molar-refractivity contribution is -0.141. The molecule has 0 saturated carbocycles. The van der Waals surface area contributed by atoms with Crippen molar-refractivity contribution in [2.45, 2.75) is 12.5 Å². The zero-order chi connectivity index (χ0) is 23.6. The molecule has 4 rings (SSSR count). The first kappa shape index (κ1) is 22.7. The highest BCUT2D eigenvalue weighted by Crippen LogP contribution is 2.20. The van der Waals surface area contributed by atoms with Gasteiger partial charge in [-0.2, -0.15) is 0 Å². The van der Waals surface area contributed by atoms with Gasteiger partial charge in [0.2, 0.25) is 0 Å². The Morgan fingerprint density at radius 1 is 0.971 bits per heavy atom. The van der Waals surface area contributed by atoms with Crippen LogP contribution in [-0.2, 0) is 16.0 Å². The number of hydrogen-bond donors (Lipinski definition) is 1. The minimum atomic E-state index is -0.571. The minimum Gasteiger partial charge on any atom is -0.467 e. The van der Waals surface area contributed by atoms with Crippen LogP contribution in [0.5, 0.6) is 5.75 Å². The van der Waals surface area contributed by atoms with E-state index in [1.54, 1.807) is 6.21 Å². The molecular formula is C27H24N4O3. The lowest BCUT2D eigenvalue weighted by Gasteiger charge is -2.17. The predicted octanol–water partition coefficient (Wildman–Crippen LogP) is 4.75. The van der Waals surface area contributed by atoms with Crippen LogP contribution in [0.4, 0.5) is 5.82 Å². The fourth-order valence-corrected chi connectivity index (χ4v) is 3.33. The lowest BCUT2D eigenvalue weighted by Crippen LogP contribution is -2.33. The highest BCUT2D eigenvalue weighted by Gasteiger charge is 2.20. The smallest absolute Gasteiger partial charge is 0.328 e. The van der Waals surface area contributed by atoms with Crippen molar-refractivity contribution >= 4 is 18.0 Å². The molecule has 0 saturated heterocycles. The molecule has 170 valence electrons. The van der Waals surface area contributed by atoms with E-state index in [0.29, 0.717) is 18.0 Å². The molecule has 0 bridgehead atoms. The molecule has 1 N–H and O–H groups in total. The quantitative estimate of drug-likeness (QED) is 0.224. The molecule has 0 radical (unpaired) electrons. The Bertz CT molecular complexity index is 1230. The van der Waals surface area contributed by atoms with E-state index in [2.05, 4.69) is 20.4 Å². The molecule has 0 aliphatic carbocycles. The van der Waals surface area contributed by atoms with Gasteiger partial charge in [0.1, 0.15) is 18.2 Å². The van der Waals surface area contributed by atoms with E-state index in [4.69, 9.17) is 9.57 Å². The molecule has 4 aromatic rings. The summed E-state index contributed by atoms with van der Waals surface area (Å²) >= 11 is 0. The predicted molar refractivity (Wildman–Crippen MR) is 132 cm³/mol. The summed E-state index contributed by atoms with van der Waals surface area (Å²) in [5.74, 6) is 0.859. The fraction of sp³-hybridized carbons (Fsp3) is 0.111. The Morgan fingerprint density at radius 2 is 1.68 bits per heavy atom. The van der Waals surface area contributed by atoms with Crippen molar-refractivity contribution in [1.82, 2.24) is 9.97 Å². The number of hydrogen-bond acceptors (Lipinski definition) is 7. The molecule has 0 aliphatic heterocycles. The van der Waals surface area contributed by atoms with Gasteiger partial charge in [-0.3, -0.25) is 0 Å². The molecule has 0 amide bonds. The SMILES string of the molecule is COC(=O)C(Cc1ccccc1)Nc1cc(-c2ccc(C=NOc3ccccc3)cc2)ncn1. The summed E-state index contributed by atoms with van der Waals surface area (Å²) in [6.07, 6.45) is 3.60. The van der Waals surface area contributed by atoms with Crippen LogP contribution < -0.4 is 10.2 Å². The molecule has 0 aliphatic rings. The number of nitrogens with zero attached hydrogens (tertiary/aromatic N) is 3. The number of aromatic nitrogens is 2. The zero-order valence-electron chi connectivity index (χ0n) is 18.7. The van der Waals surface area contributed by atoms with E-state index in [9.17, 15) is 4.79 Å². The molecule has 1 atom stereocenters. The zero-order valence-corrected chi connectivity index (χ0v) is 18.7. The summed E-state index contributed by atoms with van der Waals surface area (Å²) in [6, 6.07) is 28.1. The van der Waals surface area contributed by atoms with Gasteiger partial charge < -0.3 is 14.9 Å². The molecule has 1 unspecified atom stereocenters. The van der Waals surface area contributed by atoms with E-state index in [1.807, 2.05) is 91.0 Å². The van der Waals surface area contributed by atoms with Crippen molar-refractivity contribution in [1.29, 1.82) is 0 Å². The minimum absolute atomic E-state index is 0.356. The van der Waals surface area contributed by atoms with Crippen LogP contribution in [0.3, 0.4) is 0 Å². The Balaban J connectivity index is 1.44. The molecule has 7 nitrogen and oxygen atoms in total. The average Bonchev–Trinajstić information content (AvgIpc) is 2.90. The molecule has 3 aromatic carbocycles. The Morgan fingerprint density at radius 3 is 2.38 bits per heavy atom. The van der Waals surface area contributed by atoms with Crippen LogP contribution in [-0.4, -0.2) is 35.3 Å². The molecule has 1 heterocycles. The summed E-state index contributed by atoms with van der Waals surface area (Å²) in [6.45, 7) is 0. The van der Waals surface area contributed by atoms with Crippen molar-refractivity contribution in [3.63, 3.8) is 0 Å². The number of benzene rings is 3. The summed E-state index contributed by atoms with van der Waals surface area (Å²) in [4.78, 5) is 26.3. The molecule has 7 heteroatoms.